The van der Waals surface area contributed by atoms with Crippen molar-refractivity contribution in [3.05, 3.63) is 72.6 Å². The van der Waals surface area contributed by atoms with Gasteiger partial charge in [0.25, 0.3) is 0 Å². The van der Waals surface area contributed by atoms with Gasteiger partial charge in [-0.15, -0.1) is 0 Å². The highest BCUT2D eigenvalue weighted by Crippen LogP contribution is 2.25. The van der Waals surface area contributed by atoms with Gasteiger partial charge >= 0.3 is 0 Å². The molecule has 3 aromatic rings. The third-order valence-electron chi connectivity index (χ3n) is 4.26. The molecule has 0 spiro atoms. The molecule has 7 nitrogen and oxygen atoms in total. The Labute approximate surface area is 169 Å². The molecular formula is C22H23N5O2. The number of nitrogens with one attached hydrogen (secondary N) is 2. The fourth-order valence-electron chi connectivity index (χ4n) is 2.74. The van der Waals surface area contributed by atoms with E-state index in [-0.39, 0.29) is 29.8 Å². The van der Waals surface area contributed by atoms with E-state index < -0.39 is 0 Å². The molecule has 0 atom stereocenters. The number of carbonyl (C=O) groups excluding carboxylic acids is 2. The van der Waals surface area contributed by atoms with Crippen molar-refractivity contribution in [2.24, 2.45) is 5.92 Å². The highest BCUT2D eigenvalue weighted by Gasteiger charge is 2.19. The van der Waals surface area contributed by atoms with Crippen LogP contribution in [0.3, 0.4) is 0 Å². The van der Waals surface area contributed by atoms with Crippen LogP contribution in [0.4, 0.5) is 5.69 Å². The first-order chi connectivity index (χ1) is 14.0. The van der Waals surface area contributed by atoms with Gasteiger partial charge in [0.1, 0.15) is 12.0 Å². The number of Topliss-reactive ketones (excluding diaryl/α,β-unsaturated/α-hetero) is 1. The van der Waals surface area contributed by atoms with Gasteiger partial charge in [0.2, 0.25) is 5.91 Å². The smallest absolute Gasteiger partial charge is 0.238 e. The van der Waals surface area contributed by atoms with E-state index in [4.69, 9.17) is 0 Å². The van der Waals surface area contributed by atoms with Crippen molar-refractivity contribution in [2.45, 2.75) is 20.4 Å². The Morgan fingerprint density at radius 1 is 1.03 bits per heavy atom. The van der Waals surface area contributed by atoms with Crippen LogP contribution in [0.5, 0.6) is 0 Å². The van der Waals surface area contributed by atoms with Crippen molar-refractivity contribution in [2.75, 3.05) is 11.9 Å². The minimum Gasteiger partial charge on any atom is -0.323 e. The molecule has 2 N–H and O–H groups in total. The fourth-order valence-corrected chi connectivity index (χ4v) is 2.74. The molecule has 0 radical (unpaired) electrons. The van der Waals surface area contributed by atoms with Crippen LogP contribution < -0.4 is 10.6 Å². The van der Waals surface area contributed by atoms with Gasteiger partial charge in [0.05, 0.1) is 17.9 Å². The third-order valence-corrected chi connectivity index (χ3v) is 4.26. The van der Waals surface area contributed by atoms with Crippen LogP contribution >= 0.6 is 0 Å². The van der Waals surface area contributed by atoms with Gasteiger partial charge in [-0.25, -0.2) is 9.97 Å². The summed E-state index contributed by atoms with van der Waals surface area (Å²) in [7, 11) is 0. The lowest BCUT2D eigenvalue weighted by Crippen LogP contribution is -2.29. The number of hydrogen-bond acceptors (Lipinski definition) is 6. The molecule has 0 bridgehead atoms. The maximum absolute atomic E-state index is 12.6. The lowest BCUT2D eigenvalue weighted by Gasteiger charge is -2.13. The third kappa shape index (κ3) is 5.52. The summed E-state index contributed by atoms with van der Waals surface area (Å²) in [5.74, 6) is -0.602. The van der Waals surface area contributed by atoms with Crippen LogP contribution in [0.1, 0.15) is 30.0 Å². The number of amides is 1. The molecule has 0 saturated carbocycles. The van der Waals surface area contributed by atoms with Gasteiger partial charge in [0, 0.05) is 30.4 Å². The molecule has 0 aliphatic carbocycles. The molecule has 0 fully saturated rings. The van der Waals surface area contributed by atoms with Gasteiger partial charge in [-0.3, -0.25) is 14.6 Å². The fraction of sp³-hybridized carbons (Fsp3) is 0.227. The second-order valence-corrected chi connectivity index (χ2v) is 6.86. The number of ketones is 1. The zero-order valence-electron chi connectivity index (χ0n) is 16.4. The Balaban J connectivity index is 1.75. The summed E-state index contributed by atoms with van der Waals surface area (Å²) in [6.45, 7) is 4.14. The van der Waals surface area contributed by atoms with Gasteiger partial charge < -0.3 is 10.6 Å². The Hall–Kier alpha value is -3.45. The molecule has 1 aromatic carbocycles. The van der Waals surface area contributed by atoms with Gasteiger partial charge in [-0.05, 0) is 17.7 Å². The van der Waals surface area contributed by atoms with Crippen molar-refractivity contribution >= 4 is 17.4 Å². The summed E-state index contributed by atoms with van der Waals surface area (Å²) >= 11 is 0. The number of nitrogens with zero attached hydrogens (tertiary/aromatic N) is 3. The minimum absolute atomic E-state index is 0.0783. The Morgan fingerprint density at radius 2 is 1.83 bits per heavy atom. The second-order valence-electron chi connectivity index (χ2n) is 6.86. The van der Waals surface area contributed by atoms with Crippen molar-refractivity contribution in [1.82, 2.24) is 20.3 Å². The van der Waals surface area contributed by atoms with E-state index >= 15 is 0 Å². The predicted octanol–water partition coefficient (Wildman–Crippen LogP) is 3.11. The highest BCUT2D eigenvalue weighted by atomic mass is 16.2. The molecule has 0 aliphatic heterocycles. The molecule has 148 valence electrons. The molecule has 7 heteroatoms. The van der Waals surface area contributed by atoms with Crippen molar-refractivity contribution in [3.8, 4) is 11.1 Å². The number of anilines is 1. The Kier molecular flexibility index (Phi) is 6.76. The van der Waals surface area contributed by atoms with E-state index in [1.807, 2.05) is 44.2 Å². The monoisotopic (exact) mass is 389 g/mol. The average molecular weight is 389 g/mol. The van der Waals surface area contributed by atoms with Crippen molar-refractivity contribution in [1.29, 1.82) is 0 Å². The maximum Gasteiger partial charge on any atom is 0.238 e. The van der Waals surface area contributed by atoms with Crippen LogP contribution in [0.25, 0.3) is 11.1 Å². The SMILES string of the molecule is CC(C)C(=O)c1ncc(-c2ccccc2)cc1NC(=O)CNCc1ccncn1. The van der Waals surface area contributed by atoms with Crippen LogP contribution in [0.2, 0.25) is 0 Å². The maximum atomic E-state index is 12.6. The van der Waals surface area contributed by atoms with E-state index in [1.165, 1.54) is 6.33 Å². The molecule has 2 heterocycles. The van der Waals surface area contributed by atoms with Crippen LogP contribution in [0, 0.1) is 5.92 Å². The zero-order valence-corrected chi connectivity index (χ0v) is 16.4. The molecule has 0 aliphatic rings. The summed E-state index contributed by atoms with van der Waals surface area (Å²) in [6.07, 6.45) is 4.77. The molecule has 2 aromatic heterocycles. The lowest BCUT2D eigenvalue weighted by molar-refractivity contribution is -0.115. The molecule has 1 amide bonds. The van der Waals surface area contributed by atoms with Crippen LogP contribution in [-0.2, 0) is 11.3 Å². The number of carbonyl (C=O) groups is 2. The standard InChI is InChI=1S/C22H23N5O2/c1-15(2)22(29)21-19(10-17(11-25-21)16-6-4-3-5-7-16)27-20(28)13-24-12-18-8-9-23-14-26-18/h3-11,14-15,24H,12-13H2,1-2H3,(H,27,28). The summed E-state index contributed by atoms with van der Waals surface area (Å²) in [4.78, 5) is 37.3. The molecule has 29 heavy (non-hydrogen) atoms. The van der Waals surface area contributed by atoms with E-state index in [9.17, 15) is 9.59 Å². The Bertz CT molecular complexity index is 975. The first-order valence-electron chi connectivity index (χ1n) is 9.39. The quantitative estimate of drug-likeness (QED) is 0.575. The van der Waals surface area contributed by atoms with E-state index in [2.05, 4.69) is 25.6 Å². The summed E-state index contributed by atoms with van der Waals surface area (Å²) in [6, 6.07) is 13.3. The summed E-state index contributed by atoms with van der Waals surface area (Å²) in [5.41, 5.74) is 3.26. The highest BCUT2D eigenvalue weighted by molar-refractivity contribution is 6.05. The van der Waals surface area contributed by atoms with Gasteiger partial charge in [0.15, 0.2) is 5.78 Å². The number of pyridine rings is 1. The van der Waals surface area contributed by atoms with Crippen molar-refractivity contribution < 1.29 is 9.59 Å². The summed E-state index contributed by atoms with van der Waals surface area (Å²) < 4.78 is 0. The number of benzene rings is 1. The van der Waals surface area contributed by atoms with Gasteiger partial charge in [-0.2, -0.15) is 0 Å². The molecular weight excluding hydrogens is 366 g/mol. The summed E-state index contributed by atoms with van der Waals surface area (Å²) in [5, 5.41) is 5.86. The Morgan fingerprint density at radius 3 is 2.52 bits per heavy atom. The minimum atomic E-state index is -0.260. The van der Waals surface area contributed by atoms with E-state index in [0.29, 0.717) is 12.2 Å². The first kappa shape index (κ1) is 20.3. The lowest BCUT2D eigenvalue weighted by atomic mass is 10.0. The molecule has 0 saturated heterocycles. The number of hydrogen-bond donors (Lipinski definition) is 2. The second kappa shape index (κ2) is 9.66. The van der Waals surface area contributed by atoms with Gasteiger partial charge in [-0.1, -0.05) is 44.2 Å². The normalized spacial score (nSPS) is 10.7. The predicted molar refractivity (Wildman–Crippen MR) is 111 cm³/mol. The number of rotatable bonds is 8. The van der Waals surface area contributed by atoms with Crippen molar-refractivity contribution in [3.63, 3.8) is 0 Å². The topological polar surface area (TPSA) is 96.9 Å². The molecule has 0 unspecified atom stereocenters. The number of aromatic nitrogens is 3. The van der Waals surface area contributed by atoms with E-state index in [0.717, 1.165) is 16.8 Å². The van der Waals surface area contributed by atoms with Crippen LogP contribution in [0.15, 0.2) is 61.2 Å². The van der Waals surface area contributed by atoms with E-state index in [1.54, 1.807) is 24.5 Å². The zero-order chi connectivity index (χ0) is 20.6. The average Bonchev–Trinajstić information content (AvgIpc) is 2.74. The van der Waals surface area contributed by atoms with Crippen LogP contribution in [-0.4, -0.2) is 33.2 Å². The first-order valence-corrected chi connectivity index (χ1v) is 9.39. The molecule has 3 rings (SSSR count). The largest absolute Gasteiger partial charge is 0.323 e.